The van der Waals surface area contributed by atoms with E-state index in [0.717, 1.165) is 5.56 Å². The Morgan fingerprint density at radius 1 is 0.923 bits per heavy atom. The first-order valence-corrected chi connectivity index (χ1v) is 7.90. The summed E-state index contributed by atoms with van der Waals surface area (Å²) < 4.78 is 10.6. The van der Waals surface area contributed by atoms with Crippen molar-refractivity contribution < 1.29 is 9.47 Å². The maximum atomic E-state index is 6.24. The number of hydrogen-bond acceptors (Lipinski definition) is 8. The molecule has 2 aromatic heterocycles. The maximum absolute atomic E-state index is 6.24. The van der Waals surface area contributed by atoms with Gasteiger partial charge in [-0.1, -0.05) is 6.07 Å². The number of nitrogen functional groups attached to an aromatic ring is 1. The molecule has 0 unspecified atom stereocenters. The third-order valence-corrected chi connectivity index (χ3v) is 3.79. The highest BCUT2D eigenvalue weighted by atomic mass is 16.5. The average molecular weight is 352 g/mol. The summed E-state index contributed by atoms with van der Waals surface area (Å²) >= 11 is 0. The smallest absolute Gasteiger partial charge is 0.160 e. The van der Waals surface area contributed by atoms with Crippen LogP contribution in [0.3, 0.4) is 0 Å². The fraction of sp³-hybridized carbons (Fsp3) is 0.167. The highest BCUT2D eigenvalue weighted by Crippen LogP contribution is 2.34. The lowest BCUT2D eigenvalue weighted by molar-refractivity contribution is 0.405. The molecule has 3 rings (SSSR count). The topological polar surface area (TPSA) is 107 Å². The molecule has 0 aliphatic heterocycles. The van der Waals surface area contributed by atoms with Crippen molar-refractivity contribution in [3.8, 4) is 11.5 Å². The molecule has 0 radical (unpaired) electrons. The fourth-order valence-electron chi connectivity index (χ4n) is 2.36. The van der Waals surface area contributed by atoms with E-state index in [0.29, 0.717) is 40.3 Å². The van der Waals surface area contributed by atoms with E-state index in [1.54, 1.807) is 32.5 Å². The van der Waals surface area contributed by atoms with Crippen LogP contribution in [-0.4, -0.2) is 29.2 Å². The Labute approximate surface area is 151 Å². The van der Waals surface area contributed by atoms with Crippen molar-refractivity contribution in [2.75, 3.05) is 30.6 Å². The monoisotopic (exact) mass is 352 g/mol. The summed E-state index contributed by atoms with van der Waals surface area (Å²) in [7, 11) is 3.19. The Bertz CT molecular complexity index is 916. The Hall–Kier alpha value is -3.55. The van der Waals surface area contributed by atoms with Gasteiger partial charge in [-0.25, -0.2) is 15.0 Å². The Morgan fingerprint density at radius 3 is 2.38 bits per heavy atom. The number of nitrogens with one attached hydrogen (secondary N) is 2. The first-order valence-electron chi connectivity index (χ1n) is 7.90. The van der Waals surface area contributed by atoms with Crippen LogP contribution in [0, 0.1) is 6.92 Å². The van der Waals surface area contributed by atoms with Gasteiger partial charge in [-0.05, 0) is 30.7 Å². The van der Waals surface area contributed by atoms with E-state index < -0.39 is 0 Å². The molecule has 0 fully saturated rings. The van der Waals surface area contributed by atoms with Crippen molar-refractivity contribution in [1.82, 2.24) is 15.0 Å². The van der Waals surface area contributed by atoms with Crippen LogP contribution in [0.25, 0.3) is 0 Å². The standard InChI is InChI=1S/C18H20N6O2/c1-11-5-4-8-20-16(11)24-18-15(19)17(21-10-22-18)23-13-9-12(25-2)6-7-14(13)26-3/h4-10H,19H2,1-3H3,(H2,20,21,22,23,24). The van der Waals surface area contributed by atoms with Gasteiger partial charge in [0.05, 0.1) is 19.9 Å². The number of pyridine rings is 1. The lowest BCUT2D eigenvalue weighted by Gasteiger charge is -2.15. The number of hydrogen-bond donors (Lipinski definition) is 3. The van der Waals surface area contributed by atoms with Crippen molar-refractivity contribution in [2.45, 2.75) is 6.92 Å². The molecule has 1 aromatic carbocycles. The second-order valence-electron chi connectivity index (χ2n) is 5.47. The second kappa shape index (κ2) is 7.56. The largest absolute Gasteiger partial charge is 0.497 e. The predicted octanol–water partition coefficient (Wildman–Crippen LogP) is 3.27. The Kier molecular flexibility index (Phi) is 5.02. The number of ether oxygens (including phenoxy) is 2. The molecule has 134 valence electrons. The number of rotatable bonds is 6. The van der Waals surface area contributed by atoms with Gasteiger partial charge in [0.2, 0.25) is 0 Å². The van der Waals surface area contributed by atoms with Gasteiger partial charge in [-0.3, -0.25) is 0 Å². The SMILES string of the molecule is COc1ccc(OC)c(Nc2ncnc(Nc3ncccc3C)c2N)c1. The van der Waals surface area contributed by atoms with Crippen molar-refractivity contribution >= 4 is 28.8 Å². The second-order valence-corrected chi connectivity index (χ2v) is 5.47. The molecule has 26 heavy (non-hydrogen) atoms. The summed E-state index contributed by atoms with van der Waals surface area (Å²) in [5.41, 5.74) is 8.26. The molecule has 2 heterocycles. The highest BCUT2D eigenvalue weighted by molar-refractivity contribution is 5.81. The summed E-state index contributed by atoms with van der Waals surface area (Å²) in [4.78, 5) is 12.7. The van der Waals surface area contributed by atoms with E-state index in [-0.39, 0.29) is 0 Å². The third-order valence-electron chi connectivity index (χ3n) is 3.79. The summed E-state index contributed by atoms with van der Waals surface area (Å²) in [5.74, 6) is 2.92. The van der Waals surface area contributed by atoms with Gasteiger partial charge in [0.15, 0.2) is 11.6 Å². The van der Waals surface area contributed by atoms with E-state index in [9.17, 15) is 0 Å². The minimum absolute atomic E-state index is 0.363. The van der Waals surface area contributed by atoms with Crippen LogP contribution in [0.2, 0.25) is 0 Å². The molecular formula is C18H20N6O2. The third kappa shape index (κ3) is 3.59. The van der Waals surface area contributed by atoms with Gasteiger partial charge in [0.1, 0.15) is 29.3 Å². The highest BCUT2D eigenvalue weighted by Gasteiger charge is 2.13. The lowest BCUT2D eigenvalue weighted by Crippen LogP contribution is -2.07. The molecule has 3 aromatic rings. The molecule has 0 aliphatic carbocycles. The van der Waals surface area contributed by atoms with Crippen LogP contribution in [0.15, 0.2) is 42.9 Å². The molecule has 0 aliphatic rings. The van der Waals surface area contributed by atoms with Crippen LogP contribution in [0.5, 0.6) is 11.5 Å². The minimum atomic E-state index is 0.363. The molecule has 4 N–H and O–H groups in total. The number of nitrogens with two attached hydrogens (primary N) is 1. The zero-order valence-electron chi connectivity index (χ0n) is 14.8. The van der Waals surface area contributed by atoms with Gasteiger partial charge in [-0.15, -0.1) is 0 Å². The van der Waals surface area contributed by atoms with Crippen LogP contribution in [-0.2, 0) is 0 Å². The summed E-state index contributed by atoms with van der Waals surface area (Å²) in [5, 5.41) is 6.30. The van der Waals surface area contributed by atoms with E-state index in [2.05, 4.69) is 25.6 Å². The number of aryl methyl sites for hydroxylation is 1. The van der Waals surface area contributed by atoms with Crippen molar-refractivity contribution in [3.63, 3.8) is 0 Å². The number of benzene rings is 1. The van der Waals surface area contributed by atoms with E-state index in [1.807, 2.05) is 25.1 Å². The van der Waals surface area contributed by atoms with E-state index in [1.165, 1.54) is 6.33 Å². The number of anilines is 5. The number of aromatic nitrogens is 3. The van der Waals surface area contributed by atoms with Crippen molar-refractivity contribution in [1.29, 1.82) is 0 Å². The van der Waals surface area contributed by atoms with Gasteiger partial charge in [0, 0.05) is 12.3 Å². The Morgan fingerprint density at radius 2 is 1.69 bits per heavy atom. The first-order chi connectivity index (χ1) is 12.6. The molecule has 0 bridgehead atoms. The first kappa shape index (κ1) is 17.3. The summed E-state index contributed by atoms with van der Waals surface area (Å²) in [6, 6.07) is 9.23. The Balaban J connectivity index is 1.92. The van der Waals surface area contributed by atoms with Crippen molar-refractivity contribution in [2.24, 2.45) is 0 Å². The summed E-state index contributed by atoms with van der Waals surface area (Å²) in [6.45, 7) is 1.95. The fourth-order valence-corrected chi connectivity index (χ4v) is 2.36. The lowest BCUT2D eigenvalue weighted by atomic mass is 10.2. The molecule has 0 spiro atoms. The van der Waals surface area contributed by atoms with Gasteiger partial charge in [-0.2, -0.15) is 0 Å². The van der Waals surface area contributed by atoms with E-state index in [4.69, 9.17) is 15.2 Å². The van der Waals surface area contributed by atoms with Crippen LogP contribution >= 0.6 is 0 Å². The van der Waals surface area contributed by atoms with Crippen LogP contribution in [0.1, 0.15) is 5.56 Å². The summed E-state index contributed by atoms with van der Waals surface area (Å²) in [6.07, 6.45) is 3.12. The molecular weight excluding hydrogens is 332 g/mol. The average Bonchev–Trinajstić information content (AvgIpc) is 2.66. The molecule has 0 saturated carbocycles. The maximum Gasteiger partial charge on any atom is 0.160 e. The quantitative estimate of drug-likeness (QED) is 0.620. The van der Waals surface area contributed by atoms with Crippen molar-refractivity contribution in [3.05, 3.63) is 48.4 Å². The van der Waals surface area contributed by atoms with Crippen LogP contribution < -0.4 is 25.8 Å². The normalized spacial score (nSPS) is 10.3. The predicted molar refractivity (Wildman–Crippen MR) is 102 cm³/mol. The molecule has 0 atom stereocenters. The zero-order chi connectivity index (χ0) is 18.5. The minimum Gasteiger partial charge on any atom is -0.497 e. The molecule has 0 saturated heterocycles. The zero-order valence-corrected chi connectivity index (χ0v) is 14.8. The molecule has 8 nitrogen and oxygen atoms in total. The van der Waals surface area contributed by atoms with Gasteiger partial charge in [0.25, 0.3) is 0 Å². The van der Waals surface area contributed by atoms with Crippen LogP contribution in [0.4, 0.5) is 28.8 Å². The molecule has 0 amide bonds. The van der Waals surface area contributed by atoms with Gasteiger partial charge < -0.3 is 25.8 Å². The molecule has 8 heteroatoms. The van der Waals surface area contributed by atoms with Gasteiger partial charge >= 0.3 is 0 Å². The van der Waals surface area contributed by atoms with E-state index >= 15 is 0 Å². The number of nitrogens with zero attached hydrogens (tertiary/aromatic N) is 3. The number of methoxy groups -OCH3 is 2.